The minimum atomic E-state index is -0.435. The monoisotopic (exact) mass is 281 g/mol. The normalized spacial score (nSPS) is 12.7. The molecular weight excluding hydrogens is 254 g/mol. The van der Waals surface area contributed by atoms with E-state index in [4.69, 9.17) is 9.47 Å². The molecule has 1 aromatic rings. The molecule has 1 rings (SSSR count). The van der Waals surface area contributed by atoms with Crippen LogP contribution in [0.4, 0.5) is 0 Å². The second-order valence-corrected chi connectivity index (χ2v) is 5.13. The van der Waals surface area contributed by atoms with Crippen molar-refractivity contribution in [3.05, 3.63) is 29.8 Å². The van der Waals surface area contributed by atoms with Crippen LogP contribution < -0.4 is 4.74 Å². The van der Waals surface area contributed by atoms with Crippen LogP contribution in [0.2, 0.25) is 0 Å². The Hall–Kier alpha value is -1.10. The van der Waals surface area contributed by atoms with Gasteiger partial charge in [-0.2, -0.15) is 0 Å². The number of ether oxygens (including phenoxy) is 2. The molecule has 0 heterocycles. The molecule has 0 aromatic heterocycles. The van der Waals surface area contributed by atoms with Crippen molar-refractivity contribution in [2.75, 3.05) is 33.9 Å². The highest BCUT2D eigenvalue weighted by atomic mass is 16.5. The Morgan fingerprint density at radius 3 is 2.55 bits per heavy atom. The first kappa shape index (κ1) is 17.0. The number of likely N-dealkylation sites (N-methyl/N-ethyl adjacent to an activating group) is 1. The third kappa shape index (κ3) is 6.89. The summed E-state index contributed by atoms with van der Waals surface area (Å²) in [7, 11) is 3.66. The molecule has 20 heavy (non-hydrogen) atoms. The van der Waals surface area contributed by atoms with Gasteiger partial charge in [-0.1, -0.05) is 25.5 Å². The van der Waals surface area contributed by atoms with Crippen molar-refractivity contribution in [2.45, 2.75) is 32.4 Å². The minimum Gasteiger partial charge on any atom is -0.497 e. The number of methoxy groups -OCH3 is 1. The highest BCUT2D eigenvalue weighted by Gasteiger charge is 2.09. The topological polar surface area (TPSA) is 41.9 Å². The van der Waals surface area contributed by atoms with Crippen molar-refractivity contribution in [1.29, 1.82) is 0 Å². The molecule has 0 amide bonds. The molecule has 1 N–H and O–H groups in total. The molecule has 114 valence electrons. The Morgan fingerprint density at radius 2 is 1.95 bits per heavy atom. The highest BCUT2D eigenvalue weighted by Crippen LogP contribution is 2.12. The van der Waals surface area contributed by atoms with Crippen LogP contribution in [0.1, 0.15) is 25.3 Å². The van der Waals surface area contributed by atoms with E-state index < -0.39 is 6.10 Å². The van der Waals surface area contributed by atoms with Gasteiger partial charge in [-0.3, -0.25) is 4.90 Å². The third-order valence-electron chi connectivity index (χ3n) is 3.09. The number of hydrogen-bond acceptors (Lipinski definition) is 4. The van der Waals surface area contributed by atoms with Gasteiger partial charge < -0.3 is 14.6 Å². The molecule has 0 saturated carbocycles. The SMILES string of the molecule is CCCCOCC(O)CN(C)Cc1ccc(OC)cc1. The van der Waals surface area contributed by atoms with Crippen LogP contribution in [0, 0.1) is 0 Å². The second-order valence-electron chi connectivity index (χ2n) is 5.13. The van der Waals surface area contributed by atoms with E-state index in [9.17, 15) is 5.11 Å². The van der Waals surface area contributed by atoms with E-state index >= 15 is 0 Å². The summed E-state index contributed by atoms with van der Waals surface area (Å²) in [5.41, 5.74) is 1.20. The van der Waals surface area contributed by atoms with Crippen LogP contribution >= 0.6 is 0 Å². The summed E-state index contributed by atoms with van der Waals surface area (Å²) in [5, 5.41) is 9.89. The Kier molecular flexibility index (Phi) is 8.26. The minimum absolute atomic E-state index is 0.410. The molecule has 0 spiro atoms. The van der Waals surface area contributed by atoms with E-state index in [0.717, 1.165) is 31.7 Å². The maximum absolute atomic E-state index is 9.89. The van der Waals surface area contributed by atoms with Crippen molar-refractivity contribution >= 4 is 0 Å². The molecule has 0 saturated heterocycles. The molecule has 4 heteroatoms. The van der Waals surface area contributed by atoms with Crippen LogP contribution in [0.15, 0.2) is 24.3 Å². The number of nitrogens with zero attached hydrogens (tertiary/aromatic N) is 1. The summed E-state index contributed by atoms with van der Waals surface area (Å²) < 4.78 is 10.6. The number of benzene rings is 1. The summed E-state index contributed by atoms with van der Waals surface area (Å²) in [5.74, 6) is 0.862. The van der Waals surface area contributed by atoms with Gasteiger partial charge >= 0.3 is 0 Å². The van der Waals surface area contributed by atoms with Gasteiger partial charge in [0.2, 0.25) is 0 Å². The summed E-state index contributed by atoms with van der Waals surface area (Å²) in [4.78, 5) is 2.09. The first-order valence-electron chi connectivity index (χ1n) is 7.23. The molecule has 1 atom stereocenters. The van der Waals surface area contributed by atoms with Gasteiger partial charge in [-0.15, -0.1) is 0 Å². The molecule has 0 aliphatic heterocycles. The molecule has 0 fully saturated rings. The molecule has 0 radical (unpaired) electrons. The van der Waals surface area contributed by atoms with Crippen molar-refractivity contribution in [1.82, 2.24) is 4.90 Å². The Balaban J connectivity index is 2.25. The van der Waals surface area contributed by atoms with E-state index in [1.54, 1.807) is 7.11 Å². The smallest absolute Gasteiger partial charge is 0.118 e. The fourth-order valence-corrected chi connectivity index (χ4v) is 1.99. The maximum Gasteiger partial charge on any atom is 0.118 e. The molecule has 1 unspecified atom stereocenters. The van der Waals surface area contributed by atoms with Gasteiger partial charge in [0.15, 0.2) is 0 Å². The molecule has 0 aliphatic rings. The van der Waals surface area contributed by atoms with Gasteiger partial charge in [0.25, 0.3) is 0 Å². The van der Waals surface area contributed by atoms with E-state index in [0.29, 0.717) is 13.2 Å². The predicted octanol–water partition coefficient (Wildman–Crippen LogP) is 2.30. The highest BCUT2D eigenvalue weighted by molar-refractivity contribution is 5.27. The van der Waals surface area contributed by atoms with Crippen LogP contribution in [-0.4, -0.2) is 50.0 Å². The maximum atomic E-state index is 9.89. The summed E-state index contributed by atoms with van der Waals surface area (Å²) in [6.45, 7) is 4.68. The van der Waals surface area contributed by atoms with Crippen molar-refractivity contribution in [3.63, 3.8) is 0 Å². The zero-order valence-corrected chi connectivity index (χ0v) is 12.8. The van der Waals surface area contributed by atoms with E-state index in [1.165, 1.54) is 5.56 Å². The number of unbranched alkanes of at least 4 members (excludes halogenated alkanes) is 1. The molecule has 0 aliphatic carbocycles. The lowest BCUT2D eigenvalue weighted by Crippen LogP contribution is -2.32. The van der Waals surface area contributed by atoms with Crippen molar-refractivity contribution < 1.29 is 14.6 Å². The van der Waals surface area contributed by atoms with Crippen molar-refractivity contribution in [2.24, 2.45) is 0 Å². The summed E-state index contributed by atoms with van der Waals surface area (Å²) in [6, 6.07) is 7.99. The lowest BCUT2D eigenvalue weighted by Gasteiger charge is -2.20. The zero-order chi connectivity index (χ0) is 14.8. The van der Waals surface area contributed by atoms with Gasteiger partial charge in [0.1, 0.15) is 5.75 Å². The first-order chi connectivity index (χ1) is 9.65. The van der Waals surface area contributed by atoms with E-state index in [2.05, 4.69) is 11.8 Å². The lowest BCUT2D eigenvalue weighted by molar-refractivity contribution is 0.0188. The molecular formula is C16H27NO3. The predicted molar refractivity (Wildman–Crippen MR) is 81.1 cm³/mol. The number of aliphatic hydroxyl groups excluding tert-OH is 1. The third-order valence-corrected chi connectivity index (χ3v) is 3.09. The molecule has 4 nitrogen and oxygen atoms in total. The average Bonchev–Trinajstić information content (AvgIpc) is 2.44. The quantitative estimate of drug-likeness (QED) is 0.668. The zero-order valence-electron chi connectivity index (χ0n) is 12.8. The average molecular weight is 281 g/mol. The molecule has 1 aromatic carbocycles. The summed E-state index contributed by atoms with van der Waals surface area (Å²) >= 11 is 0. The second kappa shape index (κ2) is 9.75. The van der Waals surface area contributed by atoms with Gasteiger partial charge in [-0.05, 0) is 31.2 Å². The Bertz CT molecular complexity index is 353. The van der Waals surface area contributed by atoms with Gasteiger partial charge in [-0.25, -0.2) is 0 Å². The van der Waals surface area contributed by atoms with E-state index in [-0.39, 0.29) is 0 Å². The number of aliphatic hydroxyl groups is 1. The Labute approximate surface area is 122 Å². The molecule has 0 bridgehead atoms. The van der Waals surface area contributed by atoms with Gasteiger partial charge in [0.05, 0.1) is 19.8 Å². The fourth-order valence-electron chi connectivity index (χ4n) is 1.99. The van der Waals surface area contributed by atoms with Crippen LogP contribution in [0.5, 0.6) is 5.75 Å². The largest absolute Gasteiger partial charge is 0.497 e. The summed E-state index contributed by atoms with van der Waals surface area (Å²) in [6.07, 6.45) is 1.73. The van der Waals surface area contributed by atoms with Crippen LogP contribution in [0.3, 0.4) is 0 Å². The Morgan fingerprint density at radius 1 is 1.25 bits per heavy atom. The van der Waals surface area contributed by atoms with Gasteiger partial charge in [0, 0.05) is 19.7 Å². The van der Waals surface area contributed by atoms with Crippen LogP contribution in [-0.2, 0) is 11.3 Å². The number of rotatable bonds is 10. The van der Waals surface area contributed by atoms with E-state index in [1.807, 2.05) is 31.3 Å². The first-order valence-corrected chi connectivity index (χ1v) is 7.23. The number of hydrogen-bond donors (Lipinski definition) is 1. The van der Waals surface area contributed by atoms with Crippen LogP contribution in [0.25, 0.3) is 0 Å². The fraction of sp³-hybridized carbons (Fsp3) is 0.625. The lowest BCUT2D eigenvalue weighted by atomic mass is 10.2. The van der Waals surface area contributed by atoms with Crippen molar-refractivity contribution in [3.8, 4) is 5.75 Å². The standard InChI is InChI=1S/C16H27NO3/c1-4-5-10-20-13-15(18)12-17(2)11-14-6-8-16(19-3)9-7-14/h6-9,15,18H,4-5,10-13H2,1-3H3.